The fourth-order valence-corrected chi connectivity index (χ4v) is 3.25. The molecule has 22 heavy (non-hydrogen) atoms. The van der Waals surface area contributed by atoms with Gasteiger partial charge in [-0.25, -0.2) is 4.98 Å². The first-order valence-corrected chi connectivity index (χ1v) is 7.48. The van der Waals surface area contributed by atoms with Crippen molar-refractivity contribution in [3.8, 4) is 0 Å². The summed E-state index contributed by atoms with van der Waals surface area (Å²) in [6.07, 6.45) is 0.199. The molecule has 1 aliphatic carbocycles. The van der Waals surface area contributed by atoms with Gasteiger partial charge in [-0.15, -0.1) is 0 Å². The Labute approximate surface area is 129 Å². The molecular weight excluding hydrogens is 304 g/mol. The zero-order valence-electron chi connectivity index (χ0n) is 11.4. The number of amides is 1. The first-order valence-electron chi connectivity index (χ1n) is 6.66. The monoisotopic (exact) mass is 316 g/mol. The van der Waals surface area contributed by atoms with Gasteiger partial charge in [0.2, 0.25) is 0 Å². The van der Waals surface area contributed by atoms with Crippen LogP contribution in [0.4, 0.5) is 5.13 Å². The molecule has 0 fully saturated rings. The Morgan fingerprint density at radius 3 is 2.64 bits per heavy atom. The number of thiazole rings is 1. The van der Waals surface area contributed by atoms with E-state index in [0.717, 1.165) is 11.3 Å². The van der Waals surface area contributed by atoms with E-state index in [9.17, 15) is 14.4 Å². The van der Waals surface area contributed by atoms with Crippen molar-refractivity contribution in [3.05, 3.63) is 46.5 Å². The summed E-state index contributed by atoms with van der Waals surface area (Å²) in [5.74, 6) is -2.28. The zero-order valence-corrected chi connectivity index (χ0v) is 12.2. The predicted molar refractivity (Wildman–Crippen MR) is 80.3 cm³/mol. The number of ketones is 1. The number of hydrogen-bond donors (Lipinski definition) is 2. The minimum atomic E-state index is -0.998. The van der Waals surface area contributed by atoms with Gasteiger partial charge in [-0.05, 0) is 12.1 Å². The van der Waals surface area contributed by atoms with E-state index in [1.54, 1.807) is 24.3 Å². The summed E-state index contributed by atoms with van der Waals surface area (Å²) in [5, 5.41) is 12.0. The first kappa shape index (κ1) is 14.4. The van der Waals surface area contributed by atoms with Crippen LogP contribution in [0.1, 0.15) is 32.1 Å². The standard InChI is InChI=1S/C15H12N2O4S/c18-11-7-9(14(20)21)6-10-12(11)22-15(16-10)17-13(19)8-4-2-1-3-5-8/h1-5,9H,6-7H2,(H,20,21)(H,16,17,19)/t9-/m1/s1. The Balaban J connectivity index is 1.81. The lowest BCUT2D eigenvalue weighted by Gasteiger charge is -2.15. The maximum atomic E-state index is 12.1. The molecule has 0 aliphatic heterocycles. The first-order chi connectivity index (χ1) is 10.5. The second-order valence-electron chi connectivity index (χ2n) is 4.98. The summed E-state index contributed by atoms with van der Waals surface area (Å²) < 4.78 is 0. The zero-order chi connectivity index (χ0) is 15.7. The number of nitrogens with one attached hydrogen (secondary N) is 1. The van der Waals surface area contributed by atoms with Crippen molar-refractivity contribution in [2.45, 2.75) is 12.8 Å². The molecule has 1 atom stereocenters. The largest absolute Gasteiger partial charge is 0.481 e. The van der Waals surface area contributed by atoms with Crippen molar-refractivity contribution in [3.63, 3.8) is 0 Å². The van der Waals surface area contributed by atoms with Crippen molar-refractivity contribution in [2.24, 2.45) is 5.92 Å². The summed E-state index contributed by atoms with van der Waals surface area (Å²) in [5.41, 5.74) is 0.947. The Hall–Kier alpha value is -2.54. The molecule has 6 nitrogen and oxygen atoms in total. The van der Waals surface area contributed by atoms with Crippen LogP contribution in [0, 0.1) is 5.92 Å². The molecule has 0 saturated carbocycles. The van der Waals surface area contributed by atoms with Crippen molar-refractivity contribution >= 4 is 34.1 Å². The van der Waals surface area contributed by atoms with Crippen LogP contribution in [-0.4, -0.2) is 27.8 Å². The number of aromatic nitrogens is 1. The molecule has 0 unspecified atom stereocenters. The van der Waals surface area contributed by atoms with Gasteiger partial charge in [0.1, 0.15) is 0 Å². The van der Waals surface area contributed by atoms with Crippen LogP contribution in [0.25, 0.3) is 0 Å². The van der Waals surface area contributed by atoms with Gasteiger partial charge in [-0.2, -0.15) is 0 Å². The smallest absolute Gasteiger partial charge is 0.307 e. The molecule has 7 heteroatoms. The third-order valence-electron chi connectivity index (χ3n) is 3.43. The number of carboxylic acid groups (broad SMARTS) is 1. The van der Waals surface area contributed by atoms with Crippen molar-refractivity contribution < 1.29 is 19.5 Å². The highest BCUT2D eigenvalue weighted by molar-refractivity contribution is 7.17. The minimum Gasteiger partial charge on any atom is -0.481 e. The number of hydrogen-bond acceptors (Lipinski definition) is 5. The average Bonchev–Trinajstić information content (AvgIpc) is 2.91. The van der Waals surface area contributed by atoms with E-state index in [0.29, 0.717) is 21.3 Å². The number of Topliss-reactive ketones (excluding diaryl/α,β-unsaturated/α-hetero) is 1. The van der Waals surface area contributed by atoms with Crippen LogP contribution < -0.4 is 5.32 Å². The number of carbonyl (C=O) groups is 3. The molecule has 2 aromatic rings. The number of benzene rings is 1. The molecule has 2 N–H and O–H groups in total. The van der Waals surface area contributed by atoms with Crippen molar-refractivity contribution in [1.82, 2.24) is 4.98 Å². The number of nitrogens with zero attached hydrogens (tertiary/aromatic N) is 1. The topological polar surface area (TPSA) is 96.4 Å². The van der Waals surface area contributed by atoms with Gasteiger partial charge in [0.15, 0.2) is 10.9 Å². The normalized spacial score (nSPS) is 16.9. The predicted octanol–water partition coefficient (Wildman–Crippen LogP) is 2.23. The summed E-state index contributed by atoms with van der Waals surface area (Å²) >= 11 is 1.09. The molecular formula is C15H12N2O4S. The molecule has 112 valence electrons. The molecule has 3 rings (SSSR count). The van der Waals surface area contributed by atoms with Crippen LogP contribution in [-0.2, 0) is 11.2 Å². The Morgan fingerprint density at radius 2 is 1.95 bits per heavy atom. The fourth-order valence-electron chi connectivity index (χ4n) is 2.32. The third kappa shape index (κ3) is 2.75. The molecule has 0 bridgehead atoms. The minimum absolute atomic E-state index is 0.0173. The highest BCUT2D eigenvalue weighted by Gasteiger charge is 2.33. The lowest BCUT2D eigenvalue weighted by atomic mass is 9.90. The van der Waals surface area contributed by atoms with Crippen LogP contribution >= 0.6 is 11.3 Å². The molecule has 1 aromatic heterocycles. The van der Waals surface area contributed by atoms with Crippen molar-refractivity contribution in [2.75, 3.05) is 5.32 Å². The van der Waals surface area contributed by atoms with Crippen molar-refractivity contribution in [1.29, 1.82) is 0 Å². The number of carbonyl (C=O) groups excluding carboxylic acids is 2. The third-order valence-corrected chi connectivity index (χ3v) is 4.48. The molecule has 1 heterocycles. The van der Waals surface area contributed by atoms with E-state index >= 15 is 0 Å². The van der Waals surface area contributed by atoms with E-state index in [2.05, 4.69) is 10.3 Å². The highest BCUT2D eigenvalue weighted by Crippen LogP contribution is 2.32. The van der Waals surface area contributed by atoms with Gasteiger partial charge >= 0.3 is 5.97 Å². The Morgan fingerprint density at radius 1 is 1.23 bits per heavy atom. The van der Waals surface area contributed by atoms with E-state index in [1.165, 1.54) is 0 Å². The fraction of sp³-hybridized carbons (Fsp3) is 0.200. The maximum absolute atomic E-state index is 12.1. The van der Waals surface area contributed by atoms with Gasteiger partial charge in [0.05, 0.1) is 16.5 Å². The molecule has 0 radical (unpaired) electrons. The summed E-state index contributed by atoms with van der Waals surface area (Å²) in [6.45, 7) is 0. The number of carboxylic acids is 1. The second-order valence-corrected chi connectivity index (χ2v) is 5.98. The van der Waals surface area contributed by atoms with Crippen LogP contribution in [0.2, 0.25) is 0 Å². The molecule has 0 saturated heterocycles. The van der Waals surface area contributed by atoms with Gasteiger partial charge in [0, 0.05) is 18.4 Å². The van der Waals surface area contributed by atoms with Gasteiger partial charge in [-0.3, -0.25) is 19.7 Å². The molecule has 1 amide bonds. The summed E-state index contributed by atoms with van der Waals surface area (Å²) in [7, 11) is 0. The van der Waals surface area contributed by atoms with E-state index in [1.807, 2.05) is 6.07 Å². The van der Waals surface area contributed by atoms with Crippen LogP contribution in [0.15, 0.2) is 30.3 Å². The molecule has 1 aliphatic rings. The lowest BCUT2D eigenvalue weighted by molar-refractivity contribution is -0.141. The quantitative estimate of drug-likeness (QED) is 0.905. The second kappa shape index (κ2) is 5.69. The Kier molecular flexibility index (Phi) is 3.72. The highest BCUT2D eigenvalue weighted by atomic mass is 32.1. The molecule has 1 aromatic carbocycles. The summed E-state index contributed by atoms with van der Waals surface area (Å²) in [6, 6.07) is 8.66. The average molecular weight is 316 g/mol. The van der Waals surface area contributed by atoms with Gasteiger partial charge in [-0.1, -0.05) is 29.5 Å². The summed E-state index contributed by atoms with van der Waals surface area (Å²) in [4.78, 5) is 39.7. The SMILES string of the molecule is O=C(Nc1nc2c(s1)C(=O)C[C@H](C(=O)O)C2)c1ccccc1. The van der Waals surface area contributed by atoms with Crippen LogP contribution in [0.5, 0.6) is 0 Å². The van der Waals surface area contributed by atoms with Gasteiger partial charge in [0.25, 0.3) is 5.91 Å². The van der Waals surface area contributed by atoms with E-state index in [4.69, 9.17) is 5.11 Å². The maximum Gasteiger partial charge on any atom is 0.307 e. The Bertz CT molecular complexity index is 754. The number of fused-ring (bicyclic) bond motifs is 1. The van der Waals surface area contributed by atoms with E-state index in [-0.39, 0.29) is 24.5 Å². The number of aliphatic carboxylic acids is 1. The van der Waals surface area contributed by atoms with E-state index < -0.39 is 11.9 Å². The lowest BCUT2D eigenvalue weighted by Crippen LogP contribution is -2.25. The van der Waals surface area contributed by atoms with Crippen LogP contribution in [0.3, 0.4) is 0 Å². The number of rotatable bonds is 3. The number of anilines is 1. The molecule has 0 spiro atoms. The van der Waals surface area contributed by atoms with Gasteiger partial charge < -0.3 is 5.11 Å².